The number of hydrogen-bond acceptors (Lipinski definition) is 2. The molecule has 0 aliphatic heterocycles. The van der Waals surface area contributed by atoms with E-state index in [9.17, 15) is 0 Å². The zero-order chi connectivity index (χ0) is 12.0. The van der Waals surface area contributed by atoms with Gasteiger partial charge >= 0.3 is 0 Å². The fourth-order valence-electron chi connectivity index (χ4n) is 1.52. The minimum absolute atomic E-state index is 0.248. The number of alkyl halides is 1. The fourth-order valence-corrected chi connectivity index (χ4v) is 1.62. The summed E-state index contributed by atoms with van der Waals surface area (Å²) in [4.78, 5) is 2.28. The van der Waals surface area contributed by atoms with Crippen molar-refractivity contribution in [1.82, 2.24) is 4.90 Å². The number of methoxy groups -OCH3 is 1. The molecule has 1 unspecified atom stereocenters. The summed E-state index contributed by atoms with van der Waals surface area (Å²) >= 11 is 5.92. The second kappa shape index (κ2) is 6.77. The third kappa shape index (κ3) is 4.86. The fraction of sp³-hybridized carbons (Fsp3) is 0.538. The number of hydrogen-bond donors (Lipinski definition) is 0. The Morgan fingerprint density at radius 2 is 1.94 bits per heavy atom. The third-order valence-corrected chi connectivity index (χ3v) is 2.74. The highest BCUT2D eigenvalue weighted by Crippen LogP contribution is 2.13. The van der Waals surface area contributed by atoms with Crippen LogP contribution in [0.25, 0.3) is 0 Å². The largest absolute Gasteiger partial charge is 0.497 e. The van der Waals surface area contributed by atoms with Gasteiger partial charge in [0.2, 0.25) is 0 Å². The van der Waals surface area contributed by atoms with Crippen molar-refractivity contribution >= 4 is 11.6 Å². The van der Waals surface area contributed by atoms with E-state index in [-0.39, 0.29) is 5.38 Å². The van der Waals surface area contributed by atoms with Crippen LogP contribution in [0.1, 0.15) is 18.9 Å². The van der Waals surface area contributed by atoms with Gasteiger partial charge in [0.1, 0.15) is 5.75 Å². The Kier molecular flexibility index (Phi) is 5.64. The topological polar surface area (TPSA) is 12.5 Å². The van der Waals surface area contributed by atoms with Crippen LogP contribution in [-0.2, 0) is 6.54 Å². The van der Waals surface area contributed by atoms with E-state index in [2.05, 4.69) is 24.1 Å². The summed E-state index contributed by atoms with van der Waals surface area (Å²) in [5, 5.41) is 0.248. The zero-order valence-electron chi connectivity index (χ0n) is 10.2. The molecule has 90 valence electrons. The molecule has 16 heavy (non-hydrogen) atoms. The maximum atomic E-state index is 5.92. The van der Waals surface area contributed by atoms with Crippen LogP contribution in [-0.4, -0.2) is 31.0 Å². The first kappa shape index (κ1) is 13.3. The molecule has 0 N–H and O–H groups in total. The van der Waals surface area contributed by atoms with Crippen molar-refractivity contribution in [1.29, 1.82) is 0 Å². The van der Waals surface area contributed by atoms with Crippen molar-refractivity contribution in [2.75, 3.05) is 20.7 Å². The molecular formula is C13H20ClNO. The molecule has 0 aliphatic rings. The van der Waals surface area contributed by atoms with Crippen LogP contribution >= 0.6 is 11.6 Å². The highest BCUT2D eigenvalue weighted by molar-refractivity contribution is 6.20. The van der Waals surface area contributed by atoms with Gasteiger partial charge < -0.3 is 9.64 Å². The van der Waals surface area contributed by atoms with Gasteiger partial charge in [0.05, 0.1) is 7.11 Å². The van der Waals surface area contributed by atoms with Crippen molar-refractivity contribution in [2.45, 2.75) is 25.3 Å². The average Bonchev–Trinajstić information content (AvgIpc) is 2.27. The number of nitrogens with zero attached hydrogens (tertiary/aromatic N) is 1. The minimum atomic E-state index is 0.248. The quantitative estimate of drug-likeness (QED) is 0.710. The van der Waals surface area contributed by atoms with Crippen LogP contribution in [0.2, 0.25) is 0 Å². The standard InChI is InChI=1S/C13H20ClNO/c1-11(14)8-9-15(2)10-12-4-6-13(16-3)7-5-12/h4-7,11H,8-10H2,1-3H3. The van der Waals surface area contributed by atoms with E-state index in [0.717, 1.165) is 25.3 Å². The van der Waals surface area contributed by atoms with E-state index >= 15 is 0 Å². The number of rotatable bonds is 6. The number of ether oxygens (including phenoxy) is 1. The molecule has 0 radical (unpaired) electrons. The number of halogens is 1. The Bertz CT molecular complexity index is 297. The lowest BCUT2D eigenvalue weighted by Crippen LogP contribution is -2.20. The zero-order valence-corrected chi connectivity index (χ0v) is 11.0. The highest BCUT2D eigenvalue weighted by Gasteiger charge is 2.03. The average molecular weight is 242 g/mol. The maximum absolute atomic E-state index is 5.92. The second-order valence-corrected chi connectivity index (χ2v) is 4.90. The smallest absolute Gasteiger partial charge is 0.118 e. The van der Waals surface area contributed by atoms with Gasteiger partial charge in [-0.05, 0) is 44.6 Å². The highest BCUT2D eigenvalue weighted by atomic mass is 35.5. The monoisotopic (exact) mass is 241 g/mol. The Balaban J connectivity index is 2.40. The van der Waals surface area contributed by atoms with Gasteiger partial charge in [0.15, 0.2) is 0 Å². The molecule has 0 heterocycles. The van der Waals surface area contributed by atoms with Gasteiger partial charge in [-0.15, -0.1) is 11.6 Å². The molecule has 0 saturated heterocycles. The molecule has 2 nitrogen and oxygen atoms in total. The van der Waals surface area contributed by atoms with Crippen molar-refractivity contribution < 1.29 is 4.74 Å². The Labute approximate surface area is 103 Å². The predicted molar refractivity (Wildman–Crippen MR) is 69.3 cm³/mol. The summed E-state index contributed by atoms with van der Waals surface area (Å²) < 4.78 is 5.12. The molecule has 0 aromatic heterocycles. The van der Waals surface area contributed by atoms with E-state index in [4.69, 9.17) is 16.3 Å². The molecule has 0 fully saturated rings. The molecule has 3 heteroatoms. The van der Waals surface area contributed by atoms with E-state index in [1.165, 1.54) is 5.56 Å². The van der Waals surface area contributed by atoms with Crippen molar-refractivity contribution in [3.63, 3.8) is 0 Å². The molecule has 0 bridgehead atoms. The summed E-state index contributed by atoms with van der Waals surface area (Å²) in [6, 6.07) is 8.18. The summed E-state index contributed by atoms with van der Waals surface area (Å²) in [6.07, 6.45) is 1.02. The van der Waals surface area contributed by atoms with E-state index in [1.807, 2.05) is 19.1 Å². The van der Waals surface area contributed by atoms with Crippen LogP contribution in [0, 0.1) is 0 Å². The van der Waals surface area contributed by atoms with Crippen molar-refractivity contribution in [2.24, 2.45) is 0 Å². The summed E-state index contributed by atoms with van der Waals surface area (Å²) in [5.41, 5.74) is 1.30. The molecule has 0 spiro atoms. The molecule has 1 aromatic carbocycles. The summed E-state index contributed by atoms with van der Waals surface area (Å²) in [6.45, 7) is 4.01. The van der Waals surface area contributed by atoms with Gasteiger partial charge in [0.25, 0.3) is 0 Å². The van der Waals surface area contributed by atoms with Crippen LogP contribution in [0.4, 0.5) is 0 Å². The number of benzene rings is 1. The van der Waals surface area contributed by atoms with Crippen molar-refractivity contribution in [3.05, 3.63) is 29.8 Å². The first-order chi connectivity index (χ1) is 7.61. The normalized spacial score (nSPS) is 12.8. The van der Waals surface area contributed by atoms with Gasteiger partial charge in [-0.3, -0.25) is 0 Å². The molecule has 1 atom stereocenters. The molecule has 0 aliphatic carbocycles. The molecular weight excluding hydrogens is 222 g/mol. The Hall–Kier alpha value is -0.730. The van der Waals surface area contributed by atoms with E-state index in [0.29, 0.717) is 0 Å². The maximum Gasteiger partial charge on any atom is 0.118 e. The van der Waals surface area contributed by atoms with Crippen LogP contribution in [0.5, 0.6) is 5.75 Å². The van der Waals surface area contributed by atoms with Crippen LogP contribution in [0.15, 0.2) is 24.3 Å². The van der Waals surface area contributed by atoms with E-state index in [1.54, 1.807) is 7.11 Å². The van der Waals surface area contributed by atoms with Gasteiger partial charge in [-0.1, -0.05) is 12.1 Å². The van der Waals surface area contributed by atoms with Crippen LogP contribution in [0.3, 0.4) is 0 Å². The molecule has 1 aromatic rings. The van der Waals surface area contributed by atoms with Gasteiger partial charge in [-0.2, -0.15) is 0 Å². The van der Waals surface area contributed by atoms with E-state index < -0.39 is 0 Å². The first-order valence-electron chi connectivity index (χ1n) is 5.57. The van der Waals surface area contributed by atoms with Gasteiger partial charge in [-0.25, -0.2) is 0 Å². The van der Waals surface area contributed by atoms with Crippen LogP contribution < -0.4 is 4.74 Å². The predicted octanol–water partition coefficient (Wildman–Crippen LogP) is 3.14. The second-order valence-electron chi connectivity index (χ2n) is 4.16. The molecule has 1 rings (SSSR count). The Morgan fingerprint density at radius 3 is 2.44 bits per heavy atom. The molecule has 0 amide bonds. The lowest BCUT2D eigenvalue weighted by molar-refractivity contribution is 0.321. The summed E-state index contributed by atoms with van der Waals surface area (Å²) in [5.74, 6) is 0.904. The minimum Gasteiger partial charge on any atom is -0.497 e. The van der Waals surface area contributed by atoms with Crippen molar-refractivity contribution in [3.8, 4) is 5.75 Å². The first-order valence-corrected chi connectivity index (χ1v) is 6.01. The Morgan fingerprint density at radius 1 is 1.31 bits per heavy atom. The SMILES string of the molecule is COc1ccc(CN(C)CCC(C)Cl)cc1. The lowest BCUT2D eigenvalue weighted by Gasteiger charge is -2.17. The van der Waals surface area contributed by atoms with Gasteiger partial charge in [0, 0.05) is 11.9 Å². The lowest BCUT2D eigenvalue weighted by atomic mass is 10.2. The summed E-state index contributed by atoms with van der Waals surface area (Å²) in [7, 11) is 3.80. The molecule has 0 saturated carbocycles. The third-order valence-electron chi connectivity index (χ3n) is 2.52.